The minimum absolute atomic E-state index is 0.0961. The van der Waals surface area contributed by atoms with Gasteiger partial charge in [-0.1, -0.05) is 6.07 Å². The zero-order chi connectivity index (χ0) is 21.8. The van der Waals surface area contributed by atoms with Crippen molar-refractivity contribution in [1.29, 1.82) is 0 Å². The van der Waals surface area contributed by atoms with Crippen molar-refractivity contribution < 1.29 is 18.4 Å². The number of rotatable bonds is 6. The number of piperidine rings is 1. The van der Waals surface area contributed by atoms with E-state index in [4.69, 9.17) is 0 Å². The topological polar surface area (TPSA) is 79.6 Å². The molecule has 1 saturated heterocycles. The van der Waals surface area contributed by atoms with Crippen LogP contribution in [0.4, 0.5) is 8.78 Å². The number of nitrogens with one attached hydrogen (secondary N) is 1. The number of amides is 2. The molecule has 7 nitrogen and oxygen atoms in total. The lowest BCUT2D eigenvalue weighted by Gasteiger charge is -2.32. The third-order valence-corrected chi connectivity index (χ3v) is 5.57. The Bertz CT molecular complexity index is 1100. The Kier molecular flexibility index (Phi) is 6.20. The molecule has 2 aromatic heterocycles. The van der Waals surface area contributed by atoms with Crippen LogP contribution in [0.5, 0.6) is 0 Å². The van der Waals surface area contributed by atoms with Gasteiger partial charge in [-0.15, -0.1) is 0 Å². The Morgan fingerprint density at radius 1 is 1.23 bits per heavy atom. The van der Waals surface area contributed by atoms with E-state index in [1.165, 1.54) is 6.07 Å². The van der Waals surface area contributed by atoms with Crippen LogP contribution < -0.4 is 5.32 Å². The summed E-state index contributed by atoms with van der Waals surface area (Å²) < 4.78 is 27.8. The Labute approximate surface area is 178 Å². The molecule has 1 fully saturated rings. The summed E-state index contributed by atoms with van der Waals surface area (Å²) >= 11 is 0. The summed E-state index contributed by atoms with van der Waals surface area (Å²) in [5, 5.41) is 6.91. The van der Waals surface area contributed by atoms with Crippen LogP contribution >= 0.6 is 0 Å². The Balaban J connectivity index is 1.28. The van der Waals surface area contributed by atoms with Crippen LogP contribution in [-0.2, 0) is 11.3 Å². The molecule has 0 radical (unpaired) electrons. The van der Waals surface area contributed by atoms with Gasteiger partial charge in [0.2, 0.25) is 5.91 Å². The van der Waals surface area contributed by atoms with E-state index >= 15 is 0 Å². The summed E-state index contributed by atoms with van der Waals surface area (Å²) in [5.41, 5.74) is 1.51. The fraction of sp³-hybridized carbons (Fsp3) is 0.364. The van der Waals surface area contributed by atoms with E-state index in [0.717, 1.165) is 25.0 Å². The van der Waals surface area contributed by atoms with Crippen molar-refractivity contribution in [2.24, 2.45) is 5.92 Å². The highest BCUT2D eigenvalue weighted by Crippen LogP contribution is 2.23. The second kappa shape index (κ2) is 9.20. The van der Waals surface area contributed by atoms with E-state index in [2.05, 4.69) is 15.4 Å². The van der Waals surface area contributed by atoms with Gasteiger partial charge in [0, 0.05) is 38.4 Å². The predicted octanol–water partition coefficient (Wildman–Crippen LogP) is 2.96. The molecule has 0 unspecified atom stereocenters. The number of hydrogen-bond donors (Lipinski definition) is 1. The monoisotopic (exact) mass is 427 g/mol. The smallest absolute Gasteiger partial charge is 0.259 e. The highest BCUT2D eigenvalue weighted by atomic mass is 19.2. The zero-order valence-corrected chi connectivity index (χ0v) is 16.9. The maximum absolute atomic E-state index is 13.3. The number of halogens is 2. The maximum atomic E-state index is 13.3. The molecular formula is C22H23F2N5O2. The average Bonchev–Trinajstić information content (AvgIpc) is 3.22. The van der Waals surface area contributed by atoms with Crippen LogP contribution in [0.3, 0.4) is 0 Å². The molecule has 1 aliphatic heterocycles. The summed E-state index contributed by atoms with van der Waals surface area (Å²) in [6.07, 6.45) is 7.71. The second-order valence-corrected chi connectivity index (χ2v) is 7.77. The number of carbonyl (C=O) groups excluding carboxylic acids is 2. The largest absolute Gasteiger partial charge is 0.352 e. The molecule has 1 aromatic carbocycles. The van der Waals surface area contributed by atoms with E-state index in [0.29, 0.717) is 42.7 Å². The van der Waals surface area contributed by atoms with Crippen molar-refractivity contribution in [1.82, 2.24) is 24.8 Å². The molecule has 3 aromatic rings. The first-order valence-corrected chi connectivity index (χ1v) is 10.3. The normalized spacial score (nSPS) is 16.5. The van der Waals surface area contributed by atoms with E-state index in [-0.39, 0.29) is 24.3 Å². The summed E-state index contributed by atoms with van der Waals surface area (Å²) in [5.74, 6) is -1.87. The van der Waals surface area contributed by atoms with Crippen molar-refractivity contribution in [3.8, 4) is 0 Å². The third kappa shape index (κ3) is 4.87. The van der Waals surface area contributed by atoms with Gasteiger partial charge >= 0.3 is 0 Å². The van der Waals surface area contributed by atoms with Gasteiger partial charge in [-0.3, -0.25) is 9.59 Å². The van der Waals surface area contributed by atoms with Crippen molar-refractivity contribution in [2.75, 3.05) is 13.1 Å². The third-order valence-electron chi connectivity index (χ3n) is 5.57. The average molecular weight is 427 g/mol. The number of likely N-dealkylation sites (tertiary alicyclic amines) is 1. The van der Waals surface area contributed by atoms with E-state index in [9.17, 15) is 18.4 Å². The lowest BCUT2D eigenvalue weighted by Crippen LogP contribution is -2.40. The van der Waals surface area contributed by atoms with Crippen LogP contribution in [0.1, 0.15) is 41.6 Å². The zero-order valence-electron chi connectivity index (χ0n) is 16.9. The maximum Gasteiger partial charge on any atom is 0.259 e. The van der Waals surface area contributed by atoms with Crippen LogP contribution in [0.15, 0.2) is 42.9 Å². The summed E-state index contributed by atoms with van der Waals surface area (Å²) in [6.45, 7) is 1.40. The molecule has 4 rings (SSSR count). The van der Waals surface area contributed by atoms with Crippen molar-refractivity contribution in [3.63, 3.8) is 0 Å². The summed E-state index contributed by atoms with van der Waals surface area (Å²) in [7, 11) is 0. The molecule has 1 N–H and O–H groups in total. The first-order chi connectivity index (χ1) is 15.0. The standard InChI is InChI=1S/C22H23F2N5O2/c23-18-6-4-16(11-19(18)24)12-26-20(30)7-5-15-3-1-9-28(14-15)22(31)17-13-27-29-10-2-8-25-21(17)29/h2,4,6,8,10-11,13,15H,1,3,5,7,9,12,14H2,(H,26,30)/t15-/m0/s1. The molecular weight excluding hydrogens is 404 g/mol. The molecule has 1 atom stereocenters. The van der Waals surface area contributed by atoms with E-state index < -0.39 is 11.6 Å². The van der Waals surface area contributed by atoms with Crippen molar-refractivity contribution >= 4 is 17.5 Å². The van der Waals surface area contributed by atoms with Crippen molar-refractivity contribution in [2.45, 2.75) is 32.2 Å². The molecule has 31 heavy (non-hydrogen) atoms. The van der Waals surface area contributed by atoms with Crippen LogP contribution in [-0.4, -0.2) is 44.4 Å². The minimum Gasteiger partial charge on any atom is -0.352 e. The number of aromatic nitrogens is 3. The number of fused-ring (bicyclic) bond motifs is 1. The van der Waals surface area contributed by atoms with Gasteiger partial charge in [0.15, 0.2) is 17.3 Å². The predicted molar refractivity (Wildman–Crippen MR) is 109 cm³/mol. The quantitative estimate of drug-likeness (QED) is 0.656. The van der Waals surface area contributed by atoms with Gasteiger partial charge in [0.05, 0.1) is 6.20 Å². The molecule has 0 spiro atoms. The van der Waals surface area contributed by atoms with Crippen LogP contribution in [0.25, 0.3) is 5.65 Å². The highest BCUT2D eigenvalue weighted by Gasteiger charge is 2.27. The van der Waals surface area contributed by atoms with Gasteiger partial charge in [0.1, 0.15) is 5.56 Å². The number of carbonyl (C=O) groups is 2. The van der Waals surface area contributed by atoms with Gasteiger partial charge in [-0.25, -0.2) is 18.3 Å². The minimum atomic E-state index is -0.930. The fourth-order valence-electron chi connectivity index (χ4n) is 3.91. The van der Waals surface area contributed by atoms with Crippen LogP contribution in [0.2, 0.25) is 0 Å². The van der Waals surface area contributed by atoms with E-state index in [1.807, 2.05) is 0 Å². The van der Waals surface area contributed by atoms with Gasteiger partial charge in [-0.05, 0) is 48.9 Å². The Morgan fingerprint density at radius 3 is 2.94 bits per heavy atom. The lowest BCUT2D eigenvalue weighted by atomic mass is 9.93. The molecule has 0 aliphatic carbocycles. The lowest BCUT2D eigenvalue weighted by molar-refractivity contribution is -0.121. The first-order valence-electron chi connectivity index (χ1n) is 10.3. The molecule has 9 heteroatoms. The van der Waals surface area contributed by atoms with Crippen molar-refractivity contribution in [3.05, 3.63) is 65.6 Å². The molecule has 1 aliphatic rings. The second-order valence-electron chi connectivity index (χ2n) is 7.77. The molecule has 0 bridgehead atoms. The van der Waals surface area contributed by atoms with E-state index in [1.54, 1.807) is 34.1 Å². The molecule has 0 saturated carbocycles. The van der Waals surface area contributed by atoms with Gasteiger partial charge in [0.25, 0.3) is 5.91 Å². The Morgan fingerprint density at radius 2 is 2.10 bits per heavy atom. The number of nitrogens with zero attached hydrogens (tertiary/aromatic N) is 4. The van der Waals surface area contributed by atoms with Gasteiger partial charge in [-0.2, -0.15) is 5.10 Å². The summed E-state index contributed by atoms with van der Waals surface area (Å²) in [6, 6.07) is 5.32. The Hall–Kier alpha value is -3.36. The molecule has 3 heterocycles. The number of hydrogen-bond acceptors (Lipinski definition) is 4. The SMILES string of the molecule is O=C(CC[C@@H]1CCCN(C(=O)c2cnn3cccnc23)C1)NCc1ccc(F)c(F)c1. The first kappa shape index (κ1) is 20.9. The van der Waals surface area contributed by atoms with Gasteiger partial charge < -0.3 is 10.2 Å². The fourth-order valence-corrected chi connectivity index (χ4v) is 3.91. The number of benzene rings is 1. The molecule has 162 valence electrons. The highest BCUT2D eigenvalue weighted by molar-refractivity contribution is 5.99. The molecule has 2 amide bonds. The van der Waals surface area contributed by atoms with Crippen LogP contribution in [0, 0.1) is 17.6 Å². The summed E-state index contributed by atoms with van der Waals surface area (Å²) in [4.78, 5) is 31.2.